The molecule has 0 heterocycles. The van der Waals surface area contributed by atoms with Crippen LogP contribution in [0.5, 0.6) is 0 Å². The van der Waals surface area contributed by atoms with Gasteiger partial charge >= 0.3 is 0 Å². The van der Waals surface area contributed by atoms with E-state index in [9.17, 15) is 8.42 Å². The molecule has 2 nitrogen and oxygen atoms in total. The van der Waals surface area contributed by atoms with E-state index in [1.54, 1.807) is 42.5 Å². The lowest BCUT2D eigenvalue weighted by Gasteiger charge is -2.09. The highest BCUT2D eigenvalue weighted by atomic mass is 32.2. The number of hydrogen-bond acceptors (Lipinski definition) is 2. The Morgan fingerprint density at radius 3 is 2.06 bits per heavy atom. The third-order valence-corrected chi connectivity index (χ3v) is 4.66. The van der Waals surface area contributed by atoms with Crippen molar-refractivity contribution in [2.75, 3.05) is 0 Å². The van der Waals surface area contributed by atoms with Crippen LogP contribution in [0.2, 0.25) is 0 Å². The van der Waals surface area contributed by atoms with Crippen LogP contribution in [-0.4, -0.2) is 8.42 Å². The molecule has 0 atom stereocenters. The third kappa shape index (κ3) is 2.46. The van der Waals surface area contributed by atoms with Gasteiger partial charge in [-0.2, -0.15) is 0 Å². The molecule has 0 unspecified atom stereocenters. The molecule has 0 aliphatic rings. The first-order chi connectivity index (χ1) is 8.51. The van der Waals surface area contributed by atoms with Crippen molar-refractivity contribution in [2.24, 2.45) is 0 Å². The fourth-order valence-electron chi connectivity index (χ4n) is 1.78. The molecule has 0 saturated carbocycles. The monoisotopic (exact) mass is 260 g/mol. The average Bonchev–Trinajstić information content (AvgIpc) is 2.40. The van der Waals surface area contributed by atoms with Gasteiger partial charge in [-0.25, -0.2) is 8.42 Å². The van der Waals surface area contributed by atoms with Gasteiger partial charge in [-0.15, -0.1) is 0 Å². The van der Waals surface area contributed by atoms with Crippen LogP contribution in [0.1, 0.15) is 25.3 Å². The molecule has 0 N–H and O–H groups in total. The van der Waals surface area contributed by atoms with Crippen LogP contribution in [0.15, 0.2) is 64.4 Å². The normalized spacial score (nSPS) is 11.7. The molecule has 2 aromatic carbocycles. The molecule has 0 fully saturated rings. The molecular formula is C15H16O2S. The van der Waals surface area contributed by atoms with E-state index >= 15 is 0 Å². The summed E-state index contributed by atoms with van der Waals surface area (Å²) in [7, 11) is -3.40. The van der Waals surface area contributed by atoms with Gasteiger partial charge in [0.1, 0.15) is 0 Å². The Morgan fingerprint density at radius 2 is 1.44 bits per heavy atom. The van der Waals surface area contributed by atoms with Gasteiger partial charge in [-0.1, -0.05) is 44.2 Å². The van der Waals surface area contributed by atoms with Gasteiger partial charge in [0, 0.05) is 0 Å². The molecule has 0 radical (unpaired) electrons. The van der Waals surface area contributed by atoms with Crippen molar-refractivity contribution < 1.29 is 8.42 Å². The summed E-state index contributed by atoms with van der Waals surface area (Å²) >= 11 is 0. The highest BCUT2D eigenvalue weighted by molar-refractivity contribution is 7.91. The molecule has 2 rings (SSSR count). The molecular weight excluding hydrogens is 244 g/mol. The van der Waals surface area contributed by atoms with Crippen molar-refractivity contribution in [1.29, 1.82) is 0 Å². The number of sulfone groups is 1. The molecule has 0 amide bonds. The molecule has 0 bridgehead atoms. The van der Waals surface area contributed by atoms with Gasteiger partial charge in [-0.3, -0.25) is 0 Å². The first-order valence-corrected chi connectivity index (χ1v) is 7.40. The van der Waals surface area contributed by atoms with Crippen LogP contribution in [0.25, 0.3) is 0 Å². The maximum absolute atomic E-state index is 12.4. The lowest BCUT2D eigenvalue weighted by molar-refractivity contribution is 0.596. The topological polar surface area (TPSA) is 34.1 Å². The van der Waals surface area contributed by atoms with Crippen LogP contribution >= 0.6 is 0 Å². The second-order valence-electron chi connectivity index (χ2n) is 4.54. The Labute approximate surface area is 108 Å². The van der Waals surface area contributed by atoms with Crippen molar-refractivity contribution in [2.45, 2.75) is 29.6 Å². The Hall–Kier alpha value is -1.61. The quantitative estimate of drug-likeness (QED) is 0.844. The molecule has 0 aliphatic heterocycles. The minimum absolute atomic E-state index is 0.316. The molecule has 0 spiro atoms. The first-order valence-electron chi connectivity index (χ1n) is 5.92. The van der Waals surface area contributed by atoms with E-state index in [4.69, 9.17) is 0 Å². The van der Waals surface area contributed by atoms with Crippen molar-refractivity contribution in [3.05, 3.63) is 60.2 Å². The smallest absolute Gasteiger partial charge is 0.206 e. The maximum Gasteiger partial charge on any atom is 0.206 e. The maximum atomic E-state index is 12.4. The summed E-state index contributed by atoms with van der Waals surface area (Å²) in [5.74, 6) is 0.316. The summed E-state index contributed by atoms with van der Waals surface area (Å²) in [6, 6.07) is 15.7. The van der Waals surface area contributed by atoms with Crippen LogP contribution in [0.4, 0.5) is 0 Å². The Bertz CT molecular complexity index is 629. The third-order valence-electron chi connectivity index (χ3n) is 2.89. The average molecular weight is 260 g/mol. The van der Waals surface area contributed by atoms with E-state index in [2.05, 4.69) is 0 Å². The lowest BCUT2D eigenvalue weighted by atomic mass is 10.0. The highest BCUT2D eigenvalue weighted by Crippen LogP contribution is 2.23. The SMILES string of the molecule is CC(C)c1cccc(S(=O)(=O)c2ccccc2)c1. The van der Waals surface area contributed by atoms with Crippen LogP contribution in [0.3, 0.4) is 0 Å². The standard InChI is InChI=1S/C15H16O2S/c1-12(2)13-7-6-10-15(11-13)18(16,17)14-8-4-3-5-9-14/h3-12H,1-2H3. The molecule has 94 valence electrons. The Balaban J connectivity index is 2.52. The van der Waals surface area contributed by atoms with Crippen LogP contribution < -0.4 is 0 Å². The van der Waals surface area contributed by atoms with Crippen LogP contribution in [-0.2, 0) is 9.84 Å². The van der Waals surface area contributed by atoms with Gasteiger partial charge < -0.3 is 0 Å². The molecule has 0 aliphatic carbocycles. The number of hydrogen-bond donors (Lipinski definition) is 0. The summed E-state index contributed by atoms with van der Waals surface area (Å²) < 4.78 is 24.8. The largest absolute Gasteiger partial charge is 0.219 e. The van der Waals surface area contributed by atoms with Crippen LogP contribution in [0, 0.1) is 0 Å². The van der Waals surface area contributed by atoms with E-state index in [0.717, 1.165) is 5.56 Å². The predicted molar refractivity (Wildman–Crippen MR) is 72.4 cm³/mol. The zero-order chi connectivity index (χ0) is 13.2. The lowest BCUT2D eigenvalue weighted by Crippen LogP contribution is -2.02. The molecule has 2 aromatic rings. The van der Waals surface area contributed by atoms with Crippen molar-refractivity contribution in [3.63, 3.8) is 0 Å². The summed E-state index contributed by atoms with van der Waals surface area (Å²) in [5, 5.41) is 0. The summed E-state index contributed by atoms with van der Waals surface area (Å²) in [4.78, 5) is 0.700. The van der Waals surface area contributed by atoms with E-state index in [1.807, 2.05) is 26.0 Å². The first kappa shape index (κ1) is 12.8. The second kappa shape index (κ2) is 4.94. The molecule has 18 heavy (non-hydrogen) atoms. The van der Waals surface area contributed by atoms with Gasteiger partial charge in [0.25, 0.3) is 0 Å². The fraction of sp³-hybridized carbons (Fsp3) is 0.200. The molecule has 3 heteroatoms. The zero-order valence-corrected chi connectivity index (χ0v) is 11.3. The van der Waals surface area contributed by atoms with Crippen molar-refractivity contribution in [3.8, 4) is 0 Å². The highest BCUT2D eigenvalue weighted by Gasteiger charge is 2.17. The predicted octanol–water partition coefficient (Wildman–Crippen LogP) is 3.64. The van der Waals surface area contributed by atoms with E-state index < -0.39 is 9.84 Å². The van der Waals surface area contributed by atoms with Gasteiger partial charge in [-0.05, 0) is 35.7 Å². The second-order valence-corrected chi connectivity index (χ2v) is 6.49. The molecule has 0 saturated heterocycles. The van der Waals surface area contributed by atoms with E-state index in [1.165, 1.54) is 0 Å². The van der Waals surface area contributed by atoms with E-state index in [0.29, 0.717) is 15.7 Å². The minimum atomic E-state index is -3.40. The number of rotatable bonds is 3. The summed E-state index contributed by atoms with van der Waals surface area (Å²) in [6.45, 7) is 4.10. The van der Waals surface area contributed by atoms with Gasteiger partial charge in [0.05, 0.1) is 9.79 Å². The fourth-order valence-corrected chi connectivity index (χ4v) is 3.11. The van der Waals surface area contributed by atoms with Gasteiger partial charge in [0.2, 0.25) is 9.84 Å². The van der Waals surface area contributed by atoms with Gasteiger partial charge in [0.15, 0.2) is 0 Å². The summed E-state index contributed by atoms with van der Waals surface area (Å²) in [5.41, 5.74) is 1.03. The van der Waals surface area contributed by atoms with Crippen molar-refractivity contribution >= 4 is 9.84 Å². The Morgan fingerprint density at radius 1 is 0.833 bits per heavy atom. The zero-order valence-electron chi connectivity index (χ0n) is 10.5. The summed E-state index contributed by atoms with van der Waals surface area (Å²) in [6.07, 6.45) is 0. The minimum Gasteiger partial charge on any atom is -0.219 e. The van der Waals surface area contributed by atoms with Crippen molar-refractivity contribution in [1.82, 2.24) is 0 Å². The van der Waals surface area contributed by atoms with E-state index in [-0.39, 0.29) is 0 Å². The Kier molecular flexibility index (Phi) is 3.53. The molecule has 0 aromatic heterocycles. The number of benzene rings is 2.